The quantitative estimate of drug-likeness (QED) is 0.745. The zero-order valence-electron chi connectivity index (χ0n) is 13.9. The summed E-state index contributed by atoms with van der Waals surface area (Å²) >= 11 is 1.43. The summed E-state index contributed by atoms with van der Waals surface area (Å²) in [5, 5.41) is 3.70. The van der Waals surface area contributed by atoms with Crippen LogP contribution in [0.15, 0.2) is 39.9 Å². The minimum Gasteiger partial charge on any atom is -0.356 e. The van der Waals surface area contributed by atoms with E-state index in [4.69, 9.17) is 4.52 Å². The summed E-state index contributed by atoms with van der Waals surface area (Å²) in [6, 6.07) is 7.34. The standard InChI is InChI=1S/C17H18N2O3S2/c1-10-6-5-7-11(2)16(10)19-24(20,21)17-13(4)23-12(3)15(17)14-8-9-18-22-14/h5-9,19H,1-4H3. The third-order valence-electron chi connectivity index (χ3n) is 3.88. The van der Waals surface area contributed by atoms with Gasteiger partial charge in [-0.1, -0.05) is 23.4 Å². The summed E-state index contributed by atoms with van der Waals surface area (Å²) in [6.07, 6.45) is 1.51. The molecule has 7 heteroatoms. The number of benzene rings is 1. The van der Waals surface area contributed by atoms with Crippen molar-refractivity contribution in [2.24, 2.45) is 0 Å². The molecule has 1 aromatic carbocycles. The lowest BCUT2D eigenvalue weighted by Crippen LogP contribution is -2.15. The molecule has 3 aromatic rings. The summed E-state index contributed by atoms with van der Waals surface area (Å²) in [5.41, 5.74) is 2.95. The molecule has 0 saturated heterocycles. The van der Waals surface area contributed by atoms with Gasteiger partial charge in [0.15, 0.2) is 5.76 Å². The van der Waals surface area contributed by atoms with Gasteiger partial charge < -0.3 is 4.52 Å². The number of nitrogens with zero attached hydrogens (tertiary/aromatic N) is 1. The van der Waals surface area contributed by atoms with Gasteiger partial charge in [0, 0.05) is 15.8 Å². The molecule has 0 amide bonds. The van der Waals surface area contributed by atoms with Crippen LogP contribution < -0.4 is 4.72 Å². The van der Waals surface area contributed by atoms with Crippen molar-refractivity contribution < 1.29 is 12.9 Å². The van der Waals surface area contributed by atoms with E-state index in [9.17, 15) is 8.42 Å². The van der Waals surface area contributed by atoms with E-state index in [0.717, 1.165) is 20.9 Å². The number of para-hydroxylation sites is 1. The van der Waals surface area contributed by atoms with Gasteiger partial charge in [-0.05, 0) is 38.8 Å². The molecule has 2 aromatic heterocycles. The molecule has 0 aliphatic rings. The summed E-state index contributed by atoms with van der Waals surface area (Å²) in [5.74, 6) is 0.457. The third kappa shape index (κ3) is 2.85. The molecule has 2 heterocycles. The van der Waals surface area contributed by atoms with Crippen LogP contribution in [0.2, 0.25) is 0 Å². The van der Waals surface area contributed by atoms with E-state index in [1.54, 1.807) is 13.0 Å². The fourth-order valence-electron chi connectivity index (χ4n) is 2.78. The van der Waals surface area contributed by atoms with Crippen molar-refractivity contribution in [1.82, 2.24) is 5.16 Å². The fourth-order valence-corrected chi connectivity index (χ4v) is 5.85. The van der Waals surface area contributed by atoms with Gasteiger partial charge in [0.1, 0.15) is 4.90 Å². The number of sulfonamides is 1. The molecule has 0 spiro atoms. The molecule has 0 atom stereocenters. The molecule has 0 bridgehead atoms. The third-order valence-corrected chi connectivity index (χ3v) is 6.55. The van der Waals surface area contributed by atoms with Crippen LogP contribution in [0.3, 0.4) is 0 Å². The Labute approximate surface area is 145 Å². The smallest absolute Gasteiger partial charge is 0.263 e. The average molecular weight is 362 g/mol. The minimum atomic E-state index is -3.75. The Hall–Kier alpha value is -2.12. The van der Waals surface area contributed by atoms with Gasteiger partial charge in [-0.15, -0.1) is 11.3 Å². The van der Waals surface area contributed by atoms with Crippen molar-refractivity contribution in [3.63, 3.8) is 0 Å². The number of hydrogen-bond donors (Lipinski definition) is 1. The van der Waals surface area contributed by atoms with Gasteiger partial charge in [-0.25, -0.2) is 8.42 Å². The highest BCUT2D eigenvalue weighted by Gasteiger charge is 2.28. The van der Waals surface area contributed by atoms with E-state index in [-0.39, 0.29) is 4.90 Å². The molecule has 3 rings (SSSR count). The van der Waals surface area contributed by atoms with Crippen LogP contribution in [0.1, 0.15) is 20.9 Å². The predicted octanol–water partition coefficient (Wildman–Crippen LogP) is 4.44. The first-order valence-corrected chi connectivity index (χ1v) is 9.71. The molecule has 0 fully saturated rings. The van der Waals surface area contributed by atoms with Gasteiger partial charge in [0.25, 0.3) is 10.0 Å². The Morgan fingerprint density at radius 2 is 1.71 bits per heavy atom. The second kappa shape index (κ2) is 6.07. The van der Waals surface area contributed by atoms with Gasteiger partial charge in [-0.3, -0.25) is 4.72 Å². The molecule has 0 radical (unpaired) electrons. The van der Waals surface area contributed by atoms with E-state index in [1.165, 1.54) is 17.5 Å². The van der Waals surface area contributed by atoms with Crippen molar-refractivity contribution in [2.45, 2.75) is 32.6 Å². The monoisotopic (exact) mass is 362 g/mol. The van der Waals surface area contributed by atoms with Crippen molar-refractivity contribution in [2.75, 3.05) is 4.72 Å². The van der Waals surface area contributed by atoms with Gasteiger partial charge in [0.05, 0.1) is 17.4 Å². The van der Waals surface area contributed by atoms with Crippen LogP contribution in [-0.4, -0.2) is 13.6 Å². The number of rotatable bonds is 4. The fraction of sp³-hybridized carbons (Fsp3) is 0.235. The first-order chi connectivity index (χ1) is 11.3. The summed E-state index contributed by atoms with van der Waals surface area (Å²) in [4.78, 5) is 1.85. The van der Waals surface area contributed by atoms with Crippen LogP contribution in [0.4, 0.5) is 5.69 Å². The summed E-state index contributed by atoms with van der Waals surface area (Å²) in [6.45, 7) is 7.45. The van der Waals surface area contributed by atoms with Crippen LogP contribution >= 0.6 is 11.3 Å². The number of thiophene rings is 1. The molecule has 0 aliphatic carbocycles. The Kier molecular flexibility index (Phi) is 4.23. The Balaban J connectivity index is 2.15. The maximum atomic E-state index is 13.1. The van der Waals surface area contributed by atoms with Crippen LogP contribution in [-0.2, 0) is 10.0 Å². The normalized spacial score (nSPS) is 11.7. The molecule has 5 nitrogen and oxygen atoms in total. The maximum Gasteiger partial charge on any atom is 0.263 e. The predicted molar refractivity (Wildman–Crippen MR) is 96.0 cm³/mol. The van der Waals surface area contributed by atoms with Crippen molar-refractivity contribution >= 4 is 27.0 Å². The second-order valence-corrected chi connectivity index (χ2v) is 8.72. The van der Waals surface area contributed by atoms with E-state index >= 15 is 0 Å². The number of aromatic nitrogens is 1. The highest BCUT2D eigenvalue weighted by Crippen LogP contribution is 2.39. The number of hydrogen-bond acceptors (Lipinski definition) is 5. The zero-order valence-corrected chi connectivity index (χ0v) is 15.5. The van der Waals surface area contributed by atoms with Gasteiger partial charge in [0.2, 0.25) is 0 Å². The topological polar surface area (TPSA) is 72.2 Å². The average Bonchev–Trinajstić information content (AvgIpc) is 3.10. The lowest BCUT2D eigenvalue weighted by molar-refractivity contribution is 0.431. The molecule has 0 unspecified atom stereocenters. The SMILES string of the molecule is Cc1cccc(C)c1NS(=O)(=O)c1c(C)sc(C)c1-c1ccno1. The first-order valence-electron chi connectivity index (χ1n) is 7.41. The van der Waals surface area contributed by atoms with Crippen LogP contribution in [0, 0.1) is 27.7 Å². The van der Waals surface area contributed by atoms with Gasteiger partial charge in [-0.2, -0.15) is 0 Å². The molecule has 0 saturated carbocycles. The molecule has 126 valence electrons. The van der Waals surface area contributed by atoms with E-state index in [0.29, 0.717) is 17.0 Å². The molecule has 1 N–H and O–H groups in total. The van der Waals surface area contributed by atoms with Crippen molar-refractivity contribution in [3.8, 4) is 11.3 Å². The highest BCUT2D eigenvalue weighted by atomic mass is 32.2. The number of anilines is 1. The van der Waals surface area contributed by atoms with Gasteiger partial charge >= 0.3 is 0 Å². The maximum absolute atomic E-state index is 13.1. The second-order valence-electron chi connectivity index (χ2n) is 5.67. The van der Waals surface area contributed by atoms with Crippen molar-refractivity contribution in [3.05, 3.63) is 51.3 Å². The molecular weight excluding hydrogens is 344 g/mol. The largest absolute Gasteiger partial charge is 0.356 e. The Morgan fingerprint density at radius 1 is 1.04 bits per heavy atom. The number of aryl methyl sites for hydroxylation is 4. The summed E-state index contributed by atoms with van der Waals surface area (Å²) in [7, 11) is -3.75. The van der Waals surface area contributed by atoms with Crippen LogP contribution in [0.25, 0.3) is 11.3 Å². The van der Waals surface area contributed by atoms with E-state index in [1.807, 2.05) is 39.0 Å². The lowest BCUT2D eigenvalue weighted by Gasteiger charge is -2.14. The summed E-state index contributed by atoms with van der Waals surface area (Å²) < 4.78 is 34.1. The Morgan fingerprint density at radius 3 is 2.29 bits per heavy atom. The molecular formula is C17H18N2O3S2. The van der Waals surface area contributed by atoms with E-state index < -0.39 is 10.0 Å². The Bertz CT molecular complexity index is 967. The number of nitrogens with one attached hydrogen (secondary N) is 1. The van der Waals surface area contributed by atoms with Crippen LogP contribution in [0.5, 0.6) is 0 Å². The zero-order chi connectivity index (χ0) is 17.5. The molecule has 0 aliphatic heterocycles. The highest BCUT2D eigenvalue weighted by molar-refractivity contribution is 7.93. The van der Waals surface area contributed by atoms with Crippen molar-refractivity contribution in [1.29, 1.82) is 0 Å². The first kappa shape index (κ1) is 16.7. The minimum absolute atomic E-state index is 0.254. The van der Waals surface area contributed by atoms with E-state index in [2.05, 4.69) is 9.88 Å². The molecule has 24 heavy (non-hydrogen) atoms. The lowest BCUT2D eigenvalue weighted by atomic mass is 10.1.